The van der Waals surface area contributed by atoms with E-state index in [9.17, 15) is 18.0 Å². The average Bonchev–Trinajstić information content (AvgIpc) is 2.47. The maximum Gasteiger partial charge on any atom is 0.288 e. The zero-order valence-electron chi connectivity index (χ0n) is 11.4. The minimum Gasteiger partial charge on any atom is -0.376 e. The summed E-state index contributed by atoms with van der Waals surface area (Å²) in [7, 11) is 0. The molecule has 116 valence electrons. The molecule has 0 unspecified atom stereocenters. The number of rotatable bonds is 6. The lowest BCUT2D eigenvalue weighted by molar-refractivity contribution is -0.114. The van der Waals surface area contributed by atoms with Crippen LogP contribution in [0.3, 0.4) is 0 Å². The molecule has 2 aromatic carbocycles. The Morgan fingerprint density at radius 1 is 1.14 bits per heavy atom. The molecule has 0 radical (unpaired) electrons. The average molecular weight is 326 g/mol. The highest BCUT2D eigenvalue weighted by molar-refractivity contribution is 7.99. The zero-order chi connectivity index (χ0) is 15.9. The molecule has 3 nitrogen and oxygen atoms in total. The Labute approximate surface area is 129 Å². The van der Waals surface area contributed by atoms with Crippen molar-refractivity contribution in [2.24, 2.45) is 0 Å². The summed E-state index contributed by atoms with van der Waals surface area (Å²) >= 11 is 0.365. The van der Waals surface area contributed by atoms with Crippen LogP contribution in [0.5, 0.6) is 0 Å². The molecular weight excluding hydrogens is 313 g/mol. The molecule has 7 heteroatoms. The van der Waals surface area contributed by atoms with E-state index in [2.05, 4.69) is 10.6 Å². The Hall–Kier alpha value is -2.15. The molecule has 0 spiro atoms. The van der Waals surface area contributed by atoms with E-state index in [1.807, 2.05) is 0 Å². The van der Waals surface area contributed by atoms with Crippen molar-refractivity contribution in [3.63, 3.8) is 0 Å². The number of thioether (sulfide) groups is 1. The number of benzene rings is 2. The number of nitrogens with one attached hydrogen (secondary N) is 2. The molecule has 22 heavy (non-hydrogen) atoms. The normalized spacial score (nSPS) is 10.5. The van der Waals surface area contributed by atoms with Crippen molar-refractivity contribution in [2.75, 3.05) is 17.2 Å². The highest BCUT2D eigenvalue weighted by Crippen LogP contribution is 2.31. The van der Waals surface area contributed by atoms with E-state index in [-0.39, 0.29) is 11.4 Å². The van der Waals surface area contributed by atoms with E-state index in [4.69, 9.17) is 0 Å². The standard InChI is InChI=1S/C15H13F3N2OS/c16-10-4-3-5-11(8-10)19-9-14(21)20-12-6-1-2-7-13(12)22-15(17)18/h1-8,15,19H,9H2,(H,20,21). The highest BCUT2D eigenvalue weighted by atomic mass is 32.2. The fourth-order valence-corrected chi connectivity index (χ4v) is 2.34. The van der Waals surface area contributed by atoms with Gasteiger partial charge in [0.2, 0.25) is 5.91 Å². The van der Waals surface area contributed by atoms with Crippen LogP contribution in [-0.2, 0) is 4.79 Å². The van der Waals surface area contributed by atoms with Crippen LogP contribution in [0.25, 0.3) is 0 Å². The predicted molar refractivity (Wildman–Crippen MR) is 81.8 cm³/mol. The van der Waals surface area contributed by atoms with Gasteiger partial charge >= 0.3 is 0 Å². The molecule has 1 amide bonds. The van der Waals surface area contributed by atoms with Gasteiger partial charge in [0.1, 0.15) is 5.82 Å². The van der Waals surface area contributed by atoms with Crippen molar-refractivity contribution in [3.05, 3.63) is 54.3 Å². The Morgan fingerprint density at radius 2 is 1.91 bits per heavy atom. The second-order valence-corrected chi connectivity index (χ2v) is 5.32. The van der Waals surface area contributed by atoms with E-state index < -0.39 is 17.5 Å². The second-order valence-electron chi connectivity index (χ2n) is 4.29. The van der Waals surface area contributed by atoms with E-state index in [0.29, 0.717) is 23.1 Å². The SMILES string of the molecule is O=C(CNc1cccc(F)c1)Nc1ccccc1SC(F)F. The third-order valence-corrected chi connectivity index (χ3v) is 3.44. The predicted octanol–water partition coefficient (Wildman–Crippen LogP) is 4.19. The largest absolute Gasteiger partial charge is 0.376 e. The third-order valence-electron chi connectivity index (χ3n) is 2.65. The molecular formula is C15H13F3N2OS. The zero-order valence-corrected chi connectivity index (χ0v) is 12.2. The summed E-state index contributed by atoms with van der Waals surface area (Å²) in [6.07, 6.45) is 0. The first-order valence-electron chi connectivity index (χ1n) is 6.38. The van der Waals surface area contributed by atoms with Gasteiger partial charge in [-0.1, -0.05) is 30.0 Å². The van der Waals surface area contributed by atoms with E-state index in [0.717, 1.165) is 0 Å². The number of para-hydroxylation sites is 1. The molecule has 2 N–H and O–H groups in total. The van der Waals surface area contributed by atoms with E-state index in [1.165, 1.54) is 24.3 Å². The maximum absolute atomic E-state index is 13.0. The molecule has 0 saturated carbocycles. The molecule has 0 bridgehead atoms. The summed E-state index contributed by atoms with van der Waals surface area (Å²) in [4.78, 5) is 12.1. The van der Waals surface area contributed by atoms with E-state index in [1.54, 1.807) is 24.3 Å². The fourth-order valence-electron chi connectivity index (χ4n) is 1.74. The van der Waals surface area contributed by atoms with Crippen LogP contribution in [0, 0.1) is 5.82 Å². The fraction of sp³-hybridized carbons (Fsp3) is 0.133. The Bertz CT molecular complexity index is 652. The Morgan fingerprint density at radius 3 is 2.64 bits per heavy atom. The van der Waals surface area contributed by atoms with Crippen LogP contribution < -0.4 is 10.6 Å². The molecule has 0 heterocycles. The molecule has 2 aromatic rings. The van der Waals surface area contributed by atoms with Gasteiger partial charge in [-0.25, -0.2) is 4.39 Å². The minimum atomic E-state index is -2.57. The summed E-state index contributed by atoms with van der Waals surface area (Å²) in [5.41, 5.74) is 0.782. The summed E-state index contributed by atoms with van der Waals surface area (Å²) < 4.78 is 37.9. The van der Waals surface area contributed by atoms with Crippen LogP contribution >= 0.6 is 11.8 Å². The van der Waals surface area contributed by atoms with E-state index >= 15 is 0 Å². The summed E-state index contributed by atoms with van der Waals surface area (Å²) in [6.45, 7) is -0.100. The molecule has 0 aliphatic heterocycles. The summed E-state index contributed by atoms with van der Waals surface area (Å²) in [6, 6.07) is 12.0. The molecule has 0 fully saturated rings. The van der Waals surface area contributed by atoms with Crippen LogP contribution in [0.4, 0.5) is 24.5 Å². The summed E-state index contributed by atoms with van der Waals surface area (Å²) in [5.74, 6) is -3.39. The quantitative estimate of drug-likeness (QED) is 0.782. The van der Waals surface area contributed by atoms with Gasteiger partial charge in [0.05, 0.1) is 12.2 Å². The molecule has 0 aliphatic carbocycles. The van der Waals surface area contributed by atoms with Gasteiger partial charge in [0.15, 0.2) is 0 Å². The van der Waals surface area contributed by atoms with Gasteiger partial charge in [-0.05, 0) is 30.3 Å². The number of anilines is 2. The molecule has 0 aromatic heterocycles. The molecule has 0 atom stereocenters. The second kappa shape index (κ2) is 7.74. The van der Waals surface area contributed by atoms with Crippen molar-refractivity contribution in [3.8, 4) is 0 Å². The summed E-state index contributed by atoms with van der Waals surface area (Å²) in [5, 5.41) is 5.31. The van der Waals surface area contributed by atoms with Crippen molar-refractivity contribution < 1.29 is 18.0 Å². The van der Waals surface area contributed by atoms with Gasteiger partial charge in [-0.3, -0.25) is 4.79 Å². The van der Waals surface area contributed by atoms with Gasteiger partial charge in [-0.2, -0.15) is 8.78 Å². The van der Waals surface area contributed by atoms with Crippen LogP contribution in [0.1, 0.15) is 0 Å². The Kier molecular flexibility index (Phi) is 5.71. The maximum atomic E-state index is 13.0. The van der Waals surface area contributed by atoms with Crippen LogP contribution in [-0.4, -0.2) is 18.2 Å². The minimum absolute atomic E-state index is 0.100. The first-order chi connectivity index (χ1) is 10.5. The number of amides is 1. The molecule has 0 aliphatic rings. The van der Waals surface area contributed by atoms with Gasteiger partial charge in [-0.15, -0.1) is 0 Å². The number of alkyl halides is 2. The van der Waals surface area contributed by atoms with Gasteiger partial charge in [0.25, 0.3) is 5.76 Å². The van der Waals surface area contributed by atoms with Crippen molar-refractivity contribution >= 4 is 29.0 Å². The van der Waals surface area contributed by atoms with Crippen LogP contribution in [0.15, 0.2) is 53.4 Å². The number of carbonyl (C=O) groups is 1. The monoisotopic (exact) mass is 326 g/mol. The lowest BCUT2D eigenvalue weighted by Crippen LogP contribution is -2.22. The van der Waals surface area contributed by atoms with Crippen molar-refractivity contribution in [1.29, 1.82) is 0 Å². The lowest BCUT2D eigenvalue weighted by atomic mass is 10.3. The van der Waals surface area contributed by atoms with Gasteiger partial charge < -0.3 is 10.6 Å². The van der Waals surface area contributed by atoms with Crippen molar-refractivity contribution in [1.82, 2.24) is 0 Å². The molecule has 2 rings (SSSR count). The number of carbonyl (C=O) groups excluding carboxylic acids is 1. The first kappa shape index (κ1) is 16.2. The first-order valence-corrected chi connectivity index (χ1v) is 7.25. The molecule has 0 saturated heterocycles. The Balaban J connectivity index is 1.95. The highest BCUT2D eigenvalue weighted by Gasteiger charge is 2.11. The topological polar surface area (TPSA) is 41.1 Å². The number of hydrogen-bond acceptors (Lipinski definition) is 3. The lowest BCUT2D eigenvalue weighted by Gasteiger charge is -2.11. The third kappa shape index (κ3) is 5.00. The van der Waals surface area contributed by atoms with Crippen LogP contribution in [0.2, 0.25) is 0 Å². The van der Waals surface area contributed by atoms with Gasteiger partial charge in [0, 0.05) is 10.6 Å². The number of halogens is 3. The van der Waals surface area contributed by atoms with Crippen molar-refractivity contribution in [2.45, 2.75) is 10.7 Å². The number of hydrogen-bond donors (Lipinski definition) is 2. The smallest absolute Gasteiger partial charge is 0.288 e.